The third-order valence-electron chi connectivity index (χ3n) is 19.4. The highest BCUT2D eigenvalue weighted by molar-refractivity contribution is 6.74. The van der Waals surface area contributed by atoms with Crippen LogP contribution in [-0.4, -0.2) is 140 Å². The number of rotatable bonds is 29. The van der Waals surface area contributed by atoms with Gasteiger partial charge in [-0.05, 0) is 91.3 Å². The van der Waals surface area contributed by atoms with Gasteiger partial charge in [0.05, 0.1) is 101 Å². The van der Waals surface area contributed by atoms with Gasteiger partial charge in [-0.1, -0.05) is 134 Å². The molecule has 0 unspecified atom stereocenters. The summed E-state index contributed by atoms with van der Waals surface area (Å²) in [6, 6.07) is 26.1. The van der Waals surface area contributed by atoms with E-state index in [-0.39, 0.29) is 78.7 Å². The Morgan fingerprint density at radius 3 is 1.88 bits per heavy atom. The highest BCUT2D eigenvalue weighted by Gasteiger charge is 2.54. The predicted molar refractivity (Wildman–Crippen MR) is 341 cm³/mol. The largest absolute Gasteiger partial charge is 0.493 e. The molecule has 15 nitrogen and oxygen atoms in total. The first-order valence-corrected chi connectivity index (χ1v) is 37.6. The lowest BCUT2D eigenvalue weighted by molar-refractivity contribution is -0.350. The normalized spacial score (nSPS) is 29.1. The van der Waals surface area contributed by atoms with Crippen molar-refractivity contribution in [2.24, 2.45) is 11.8 Å². The van der Waals surface area contributed by atoms with Gasteiger partial charge >= 0.3 is 0 Å². The van der Waals surface area contributed by atoms with Crippen molar-refractivity contribution in [3.05, 3.63) is 108 Å². The van der Waals surface area contributed by atoms with E-state index in [1.54, 1.807) is 21.3 Å². The molecule has 2 N–H and O–H groups in total. The highest BCUT2D eigenvalue weighted by Crippen LogP contribution is 2.48. The van der Waals surface area contributed by atoms with Crippen LogP contribution in [0.15, 0.2) is 91.0 Å². The Bertz CT molecular complexity index is 2540. The van der Waals surface area contributed by atoms with Crippen molar-refractivity contribution in [2.45, 2.75) is 261 Å². The summed E-state index contributed by atoms with van der Waals surface area (Å²) in [7, 11) is 0.790. The number of hydrogen-bond donors (Lipinski definition) is 2. The minimum absolute atomic E-state index is 0.00477. The number of aliphatic hydroxyl groups is 2. The summed E-state index contributed by atoms with van der Waals surface area (Å²) in [5.74, 6) is -1.52. The summed E-state index contributed by atoms with van der Waals surface area (Å²) in [4.78, 5) is 0. The first-order valence-electron chi connectivity index (χ1n) is 31.8. The average Bonchev–Trinajstić information content (AvgIpc) is 1.11. The molecule has 14 atom stereocenters. The molecular formula is C69H110O15Si2. The lowest BCUT2D eigenvalue weighted by Gasteiger charge is -2.52. The Morgan fingerprint density at radius 1 is 0.663 bits per heavy atom. The molecule has 484 valence electrons. The molecule has 7 rings (SSSR count). The molecule has 0 saturated carbocycles. The molecule has 4 aliphatic rings. The number of aliphatic hydroxyl groups excluding tert-OH is 1. The van der Waals surface area contributed by atoms with Crippen molar-refractivity contribution in [1.29, 1.82) is 0 Å². The van der Waals surface area contributed by atoms with Crippen molar-refractivity contribution in [1.82, 2.24) is 0 Å². The smallest absolute Gasteiger partial charge is 0.192 e. The maximum Gasteiger partial charge on any atom is 0.192 e. The van der Waals surface area contributed by atoms with Crippen molar-refractivity contribution in [3.8, 4) is 11.5 Å². The first-order chi connectivity index (χ1) is 40.4. The second-order valence-electron chi connectivity index (χ2n) is 28.8. The molecule has 3 aromatic carbocycles. The molecule has 17 heteroatoms. The fraction of sp³-hybridized carbons (Fsp3) is 0.710. The topological polar surface area (TPSA) is 160 Å². The molecule has 0 amide bonds. The summed E-state index contributed by atoms with van der Waals surface area (Å²) in [5, 5.41) is 23.6. The van der Waals surface area contributed by atoms with Gasteiger partial charge < -0.3 is 71.2 Å². The van der Waals surface area contributed by atoms with E-state index in [2.05, 4.69) is 93.7 Å². The van der Waals surface area contributed by atoms with E-state index in [4.69, 9.17) is 67.5 Å². The second-order valence-corrected chi connectivity index (χ2v) is 38.3. The van der Waals surface area contributed by atoms with E-state index < -0.39 is 58.2 Å². The zero-order chi connectivity index (χ0) is 62.7. The maximum absolute atomic E-state index is 12.1. The van der Waals surface area contributed by atoms with Gasteiger partial charge in [-0.2, -0.15) is 0 Å². The standard InChI is InChI=1S/C69H110O15Si2/c1-48(32-58-39-67(10,71)46-69(82-58)38-54(70)34-55(80-69)30-31-79-85(14,15)65(4,5)6)49(2)64(77-44-53-28-29-61(73-12)63(33-53)74-13)50(3)62(78-47-76-43-52-26-22-19-23-27-52)37-56-35-57(72-11)40-68(81-56)41-59(84-86(16,17)66(7,8)9)36-60(83-68)45-75-42-51-24-20-18-21-25-51/h18-29,33,49-50,54-60,62,64,70-71H,1,30-32,34-47H2,2-17H3/t49-,50-,54+,55+,56+,57+,58+,59+,60-,62-,64+,67+,68+,69-/m1/s1. The Kier molecular flexibility index (Phi) is 24.8. The molecule has 0 aromatic heterocycles. The monoisotopic (exact) mass is 1230 g/mol. The van der Waals surface area contributed by atoms with Gasteiger partial charge in [0.2, 0.25) is 0 Å². The Morgan fingerprint density at radius 2 is 1.26 bits per heavy atom. The minimum Gasteiger partial charge on any atom is -0.493 e. The molecule has 0 aliphatic carbocycles. The van der Waals surface area contributed by atoms with E-state index in [1.165, 1.54) is 0 Å². The maximum atomic E-state index is 12.1. The molecule has 0 radical (unpaired) electrons. The molecule has 0 bridgehead atoms. The second kappa shape index (κ2) is 30.4. The summed E-state index contributed by atoms with van der Waals surface area (Å²) < 4.78 is 87.0. The Labute approximate surface area is 519 Å². The van der Waals surface area contributed by atoms with Crippen LogP contribution in [0.3, 0.4) is 0 Å². The lowest BCUT2D eigenvalue weighted by Crippen LogP contribution is -2.58. The third kappa shape index (κ3) is 19.7. The van der Waals surface area contributed by atoms with Gasteiger partial charge in [-0.15, -0.1) is 0 Å². The summed E-state index contributed by atoms with van der Waals surface area (Å²) in [5.41, 5.74) is 2.80. The molecular weight excluding hydrogens is 1120 g/mol. The number of hydrogen-bond acceptors (Lipinski definition) is 15. The fourth-order valence-corrected chi connectivity index (χ4v) is 15.1. The van der Waals surface area contributed by atoms with E-state index in [0.717, 1.165) is 22.3 Å². The predicted octanol–water partition coefficient (Wildman–Crippen LogP) is 14.0. The van der Waals surface area contributed by atoms with Gasteiger partial charge in [-0.25, -0.2) is 0 Å². The van der Waals surface area contributed by atoms with E-state index in [1.807, 2.05) is 73.7 Å². The number of ether oxygens (including phenoxy) is 11. The van der Waals surface area contributed by atoms with Crippen molar-refractivity contribution in [2.75, 3.05) is 41.3 Å². The molecule has 4 saturated heterocycles. The van der Waals surface area contributed by atoms with Crippen LogP contribution in [0, 0.1) is 11.8 Å². The molecule has 86 heavy (non-hydrogen) atoms. The molecule has 3 aromatic rings. The first kappa shape index (κ1) is 70.4. The van der Waals surface area contributed by atoms with Crippen molar-refractivity contribution >= 4 is 16.6 Å². The summed E-state index contributed by atoms with van der Waals surface area (Å²) in [6.07, 6.45) is 1.91. The van der Waals surface area contributed by atoms with Gasteiger partial charge in [0, 0.05) is 76.9 Å². The van der Waals surface area contributed by atoms with Crippen LogP contribution in [-0.2, 0) is 71.3 Å². The minimum atomic E-state index is -2.23. The van der Waals surface area contributed by atoms with Crippen molar-refractivity contribution in [3.63, 3.8) is 0 Å². The number of benzene rings is 3. The molecule has 4 fully saturated rings. The highest BCUT2D eigenvalue weighted by atomic mass is 28.4. The summed E-state index contributed by atoms with van der Waals surface area (Å²) >= 11 is 0. The fourth-order valence-electron chi connectivity index (χ4n) is 12.7. The molecule has 4 aliphatic heterocycles. The Balaban J connectivity index is 1.16. The van der Waals surface area contributed by atoms with Crippen LogP contribution >= 0.6 is 0 Å². The van der Waals surface area contributed by atoms with Crippen LogP contribution < -0.4 is 9.47 Å². The van der Waals surface area contributed by atoms with Crippen LogP contribution in [0.2, 0.25) is 36.3 Å². The quantitative estimate of drug-likeness (QED) is 0.0292. The molecule has 2 spiro atoms. The van der Waals surface area contributed by atoms with E-state index in [9.17, 15) is 10.2 Å². The zero-order valence-corrected chi connectivity index (χ0v) is 57.3. The third-order valence-corrected chi connectivity index (χ3v) is 28.4. The molecule has 4 heterocycles. The van der Waals surface area contributed by atoms with Crippen LogP contribution in [0.5, 0.6) is 11.5 Å². The van der Waals surface area contributed by atoms with Crippen molar-refractivity contribution < 1.29 is 71.2 Å². The van der Waals surface area contributed by atoms with Crippen LogP contribution in [0.4, 0.5) is 0 Å². The van der Waals surface area contributed by atoms with Gasteiger partial charge in [0.1, 0.15) is 6.79 Å². The van der Waals surface area contributed by atoms with E-state index >= 15 is 0 Å². The number of methoxy groups -OCH3 is 3. The lowest BCUT2D eigenvalue weighted by atomic mass is 9.78. The summed E-state index contributed by atoms with van der Waals surface area (Å²) in [6.45, 7) is 35.6. The van der Waals surface area contributed by atoms with Gasteiger partial charge in [0.15, 0.2) is 39.7 Å². The van der Waals surface area contributed by atoms with Crippen LogP contribution in [0.1, 0.15) is 150 Å². The van der Waals surface area contributed by atoms with Gasteiger partial charge in [0.25, 0.3) is 0 Å². The zero-order valence-electron chi connectivity index (χ0n) is 55.3. The SMILES string of the molecule is C=C(C[C@H]1C[C@](C)(O)C[C@@]2(C[C@@H](O)C[C@H](CCO[Si](C)(C)C(C)(C)C)O2)O1)[C@@H](C)[C@H](OCc1ccc(OC)c(OC)c1)[C@H](C)[C@@H](C[C@@H]1C[C@H](OC)C[C@]2(C[C@@H](O[Si](C)(C)C(C)(C)C)C[C@H](COCc3ccccc3)O2)O1)OCOCc1ccccc1. The average molecular weight is 1240 g/mol. The van der Waals surface area contributed by atoms with Crippen LogP contribution in [0.25, 0.3) is 0 Å². The Hall–Kier alpha value is -3.09. The van der Waals surface area contributed by atoms with Gasteiger partial charge in [-0.3, -0.25) is 0 Å². The van der Waals surface area contributed by atoms with E-state index in [0.29, 0.717) is 95.7 Å².